The number of anilines is 1. The molecule has 3 aromatic rings. The second-order valence-electron chi connectivity index (χ2n) is 14.1. The number of fused-ring (bicyclic) bond motifs is 1. The molecule has 1 aromatic heterocycles. The summed E-state index contributed by atoms with van der Waals surface area (Å²) in [6, 6.07) is 17.2. The van der Waals surface area contributed by atoms with Crippen molar-refractivity contribution in [3.05, 3.63) is 83.0 Å². The normalized spacial score (nSPS) is 21.8. The average Bonchev–Trinajstić information content (AvgIpc) is 3.35. The van der Waals surface area contributed by atoms with Gasteiger partial charge in [-0.3, -0.25) is 9.69 Å². The van der Waals surface area contributed by atoms with Crippen molar-refractivity contribution in [2.24, 2.45) is 5.41 Å². The Morgan fingerprint density at radius 1 is 1.00 bits per heavy atom. The van der Waals surface area contributed by atoms with Gasteiger partial charge in [-0.25, -0.2) is 18.2 Å². The number of ether oxygens (including phenoxy) is 1. The first-order valence-corrected chi connectivity index (χ1v) is 18.7. The lowest BCUT2D eigenvalue weighted by atomic mass is 9.71. The summed E-state index contributed by atoms with van der Waals surface area (Å²) in [5, 5.41) is 22.1. The van der Waals surface area contributed by atoms with Crippen LogP contribution in [0.3, 0.4) is 0 Å². The summed E-state index contributed by atoms with van der Waals surface area (Å²) >= 11 is 0. The first kappa shape index (κ1) is 34.4. The molecule has 3 amide bonds. The molecule has 0 bridgehead atoms. The van der Waals surface area contributed by atoms with Gasteiger partial charge in [0.2, 0.25) is 5.88 Å². The number of hydrogen-bond acceptors (Lipinski definition) is 10. The quantitative estimate of drug-likeness (QED) is 0.367. The number of aromatic nitrogens is 1. The van der Waals surface area contributed by atoms with Crippen molar-refractivity contribution in [2.75, 3.05) is 50.2 Å². The number of pyridine rings is 1. The van der Waals surface area contributed by atoms with E-state index >= 15 is 4.79 Å². The molecule has 4 aliphatic heterocycles. The van der Waals surface area contributed by atoms with Crippen LogP contribution < -0.4 is 14.4 Å². The van der Waals surface area contributed by atoms with Crippen LogP contribution in [0.15, 0.2) is 65.7 Å². The topological polar surface area (TPSA) is 163 Å². The Hall–Kier alpha value is -5.02. The Bertz CT molecular complexity index is 2050. The molecule has 2 aromatic carbocycles. The summed E-state index contributed by atoms with van der Waals surface area (Å²) in [5.41, 5.74) is -1.51. The van der Waals surface area contributed by atoms with Crippen molar-refractivity contribution >= 4 is 27.6 Å². The molecule has 1 atom stereocenters. The van der Waals surface area contributed by atoms with Gasteiger partial charge < -0.3 is 19.9 Å². The molecule has 14 heteroatoms. The zero-order valence-electron chi connectivity index (χ0n) is 28.9. The van der Waals surface area contributed by atoms with Crippen molar-refractivity contribution in [1.82, 2.24) is 25.0 Å². The number of carbonyl (C=O) groups excluding carboxylic acids is 2. The van der Waals surface area contributed by atoms with E-state index in [2.05, 4.69) is 40.0 Å². The van der Waals surface area contributed by atoms with Crippen LogP contribution in [-0.4, -0.2) is 98.0 Å². The van der Waals surface area contributed by atoms with Crippen molar-refractivity contribution in [2.45, 2.75) is 56.1 Å². The monoisotopic (exact) mass is 708 g/mol. The van der Waals surface area contributed by atoms with Gasteiger partial charge in [0, 0.05) is 55.4 Å². The van der Waals surface area contributed by atoms with E-state index in [1.807, 2.05) is 6.07 Å². The smallest absolute Gasteiger partial charge is 0.318 e. The number of nitriles is 2. The van der Waals surface area contributed by atoms with Gasteiger partial charge in [0.05, 0.1) is 46.0 Å². The average molecular weight is 709 g/mol. The Labute approximate surface area is 298 Å². The Morgan fingerprint density at radius 2 is 1.67 bits per heavy atom. The molecule has 51 heavy (non-hydrogen) atoms. The van der Waals surface area contributed by atoms with Crippen LogP contribution in [0.2, 0.25) is 0 Å². The molecular weight excluding hydrogens is 669 g/mol. The predicted octanol–water partition coefficient (Wildman–Crippen LogP) is 3.40. The van der Waals surface area contributed by atoms with Crippen molar-refractivity contribution < 1.29 is 22.7 Å². The third-order valence-corrected chi connectivity index (χ3v) is 12.4. The molecule has 5 heterocycles. The number of likely N-dealkylation sites (tertiary alicyclic amines) is 3. The van der Waals surface area contributed by atoms with E-state index in [1.54, 1.807) is 24.0 Å². The number of hydrogen-bond donors (Lipinski definition) is 1. The number of piperidine rings is 1. The number of nitrogens with zero attached hydrogens (tertiary/aromatic N) is 7. The van der Waals surface area contributed by atoms with Crippen LogP contribution >= 0.6 is 0 Å². The van der Waals surface area contributed by atoms with E-state index in [0.717, 1.165) is 39.0 Å². The van der Waals surface area contributed by atoms with E-state index in [4.69, 9.17) is 4.74 Å². The Kier molecular flexibility index (Phi) is 8.74. The highest BCUT2D eigenvalue weighted by Crippen LogP contribution is 2.50. The first-order chi connectivity index (χ1) is 24.5. The number of amides is 3. The molecule has 0 unspecified atom stereocenters. The second kappa shape index (κ2) is 12.9. The van der Waals surface area contributed by atoms with Gasteiger partial charge in [-0.1, -0.05) is 0 Å². The molecule has 4 aliphatic rings. The Morgan fingerprint density at radius 3 is 2.29 bits per heavy atom. The maximum absolute atomic E-state index is 15.0. The second-order valence-corrected chi connectivity index (χ2v) is 15.9. The lowest BCUT2D eigenvalue weighted by Gasteiger charge is -2.62. The maximum atomic E-state index is 15.0. The lowest BCUT2D eigenvalue weighted by molar-refractivity contribution is -0.124. The number of carbonyl (C=O) groups is 2. The van der Waals surface area contributed by atoms with Crippen molar-refractivity contribution in [1.29, 1.82) is 10.5 Å². The summed E-state index contributed by atoms with van der Waals surface area (Å²) in [6.07, 6.45) is 3.74. The fourth-order valence-corrected chi connectivity index (χ4v) is 9.53. The Balaban J connectivity index is 1.22. The molecule has 3 saturated heterocycles. The fourth-order valence-electron chi connectivity index (χ4n) is 8.07. The van der Waals surface area contributed by atoms with E-state index in [9.17, 15) is 23.7 Å². The van der Waals surface area contributed by atoms with Crippen LogP contribution in [0.1, 0.15) is 55.9 Å². The minimum Gasteiger partial charge on any atom is -0.478 e. The number of nitrogens with one attached hydrogen (secondary N) is 1. The lowest BCUT2D eigenvalue weighted by Crippen LogP contribution is -2.76. The highest BCUT2D eigenvalue weighted by molar-refractivity contribution is 7.93. The van der Waals surface area contributed by atoms with E-state index in [1.165, 1.54) is 48.7 Å². The summed E-state index contributed by atoms with van der Waals surface area (Å²) in [7, 11) is -4.58. The van der Waals surface area contributed by atoms with Crippen molar-refractivity contribution in [3.63, 3.8) is 0 Å². The van der Waals surface area contributed by atoms with Crippen LogP contribution in [0, 0.1) is 28.1 Å². The summed E-state index contributed by atoms with van der Waals surface area (Å²) in [6.45, 7) is 11.3. The maximum Gasteiger partial charge on any atom is 0.318 e. The van der Waals surface area contributed by atoms with E-state index in [0.29, 0.717) is 29.5 Å². The fraction of sp³-hybridized carbons (Fsp3) is 0.432. The highest BCUT2D eigenvalue weighted by Gasteiger charge is 2.61. The summed E-state index contributed by atoms with van der Waals surface area (Å²) in [4.78, 5) is 40.1. The van der Waals surface area contributed by atoms with Crippen molar-refractivity contribution in [3.8, 4) is 18.0 Å². The highest BCUT2D eigenvalue weighted by atomic mass is 32.2. The molecule has 1 N–H and O–H groups in total. The van der Waals surface area contributed by atoms with Gasteiger partial charge in [-0.05, 0) is 101 Å². The van der Waals surface area contributed by atoms with Gasteiger partial charge in [-0.15, -0.1) is 0 Å². The molecule has 3 fully saturated rings. The third kappa shape index (κ3) is 5.68. The largest absolute Gasteiger partial charge is 0.478 e. The molecular formula is C37H40N8O5S. The first-order valence-electron chi connectivity index (χ1n) is 17.2. The van der Waals surface area contributed by atoms with Crippen LogP contribution in [0.25, 0.3) is 0 Å². The van der Waals surface area contributed by atoms with Crippen LogP contribution in [0.4, 0.5) is 10.5 Å². The minimum absolute atomic E-state index is 0.0202. The SMILES string of the molecule is CCOc1ncccc1[C@@]1(NC(=O)N2CC3(C2)CN(C2CCN(C(C)C)CC2)C3)C(=O)N(S(=O)(=O)c2ccc(C#N)cc2)c2ccc(C#N)cc21. The number of rotatable bonds is 8. The summed E-state index contributed by atoms with van der Waals surface area (Å²) in [5.74, 6) is -0.935. The summed E-state index contributed by atoms with van der Waals surface area (Å²) < 4.78 is 35.1. The number of benzene rings is 2. The third-order valence-electron chi connectivity index (χ3n) is 10.7. The van der Waals surface area contributed by atoms with Crippen LogP contribution in [-0.2, 0) is 20.4 Å². The van der Waals surface area contributed by atoms with E-state index < -0.39 is 27.5 Å². The number of urea groups is 1. The minimum atomic E-state index is -4.58. The zero-order chi connectivity index (χ0) is 36.1. The van der Waals surface area contributed by atoms with Gasteiger partial charge in [0.25, 0.3) is 15.9 Å². The number of sulfonamides is 1. The molecule has 0 aliphatic carbocycles. The molecule has 1 spiro atoms. The van der Waals surface area contributed by atoms with Gasteiger partial charge in [-0.2, -0.15) is 14.8 Å². The molecule has 7 rings (SSSR count). The molecule has 13 nitrogen and oxygen atoms in total. The molecule has 0 radical (unpaired) electrons. The van der Waals surface area contributed by atoms with Gasteiger partial charge in [0.15, 0.2) is 5.54 Å². The van der Waals surface area contributed by atoms with Gasteiger partial charge >= 0.3 is 6.03 Å². The molecule has 264 valence electrons. The zero-order valence-corrected chi connectivity index (χ0v) is 29.7. The van der Waals surface area contributed by atoms with Crippen LogP contribution in [0.5, 0.6) is 5.88 Å². The molecule has 0 saturated carbocycles. The van der Waals surface area contributed by atoms with Gasteiger partial charge in [0.1, 0.15) is 0 Å². The van der Waals surface area contributed by atoms with E-state index in [-0.39, 0.29) is 50.7 Å². The standard InChI is InChI=1S/C37H40N8O5S/c1-4-50-33-30(6-5-15-40-33)37(41-35(47)44-23-36(24-44)21-43(22-36)28-13-16-42(17-14-28)25(2)3)31-18-27(20-39)9-12-32(31)45(34(37)46)51(48,49)29-10-7-26(19-38)8-11-29/h5-12,15,18,25,28H,4,13-14,16-17,21-24H2,1-3H3,(H,41,47)/t37-/m0/s1. The predicted molar refractivity (Wildman–Crippen MR) is 187 cm³/mol.